The van der Waals surface area contributed by atoms with E-state index in [-0.39, 0.29) is 11.4 Å². The molecule has 21 heavy (non-hydrogen) atoms. The van der Waals surface area contributed by atoms with Gasteiger partial charge in [-0.3, -0.25) is 4.79 Å². The minimum absolute atomic E-state index is 0.266. The number of hydrogen-bond donors (Lipinski definition) is 1. The van der Waals surface area contributed by atoms with Crippen LogP contribution in [0.1, 0.15) is 6.42 Å². The average molecular weight is 288 g/mol. The first kappa shape index (κ1) is 13.8. The third kappa shape index (κ3) is 3.11. The van der Waals surface area contributed by atoms with Crippen molar-refractivity contribution < 1.29 is 4.39 Å². The van der Waals surface area contributed by atoms with E-state index in [1.54, 1.807) is 18.2 Å². The molecule has 2 aromatic rings. The molecule has 1 fully saturated rings. The molecular formula is C15H17FN4O. The molecule has 0 amide bonds. The maximum Gasteiger partial charge on any atom is 0.271 e. The lowest BCUT2D eigenvalue weighted by molar-refractivity contribution is 0.624. The summed E-state index contributed by atoms with van der Waals surface area (Å²) in [5, 5.41) is 7.71. The first-order chi connectivity index (χ1) is 10.2. The third-order valence-corrected chi connectivity index (χ3v) is 3.50. The molecule has 1 N–H and O–H groups in total. The molecule has 2 heterocycles. The number of rotatable bonds is 2. The maximum atomic E-state index is 13.3. The molecule has 1 aromatic carbocycles. The number of nitrogens with one attached hydrogen (secondary N) is 1. The fourth-order valence-corrected chi connectivity index (χ4v) is 2.44. The van der Waals surface area contributed by atoms with E-state index in [1.807, 2.05) is 0 Å². The molecule has 0 bridgehead atoms. The molecule has 3 rings (SSSR count). The minimum atomic E-state index is -0.384. The molecular weight excluding hydrogens is 271 g/mol. The first-order valence-corrected chi connectivity index (χ1v) is 7.06. The number of aromatic nitrogens is 2. The van der Waals surface area contributed by atoms with E-state index in [0.29, 0.717) is 5.69 Å². The van der Waals surface area contributed by atoms with Gasteiger partial charge in [0.2, 0.25) is 0 Å². The molecule has 0 saturated carbocycles. The van der Waals surface area contributed by atoms with Crippen LogP contribution in [0.5, 0.6) is 0 Å². The van der Waals surface area contributed by atoms with Crippen LogP contribution in [-0.2, 0) is 0 Å². The number of nitrogens with zero attached hydrogens (tertiary/aromatic N) is 3. The summed E-state index contributed by atoms with van der Waals surface area (Å²) in [5.41, 5.74) is 0.173. The van der Waals surface area contributed by atoms with E-state index in [0.717, 1.165) is 38.4 Å². The van der Waals surface area contributed by atoms with Crippen LogP contribution < -0.4 is 15.8 Å². The molecule has 0 spiro atoms. The molecule has 0 radical (unpaired) electrons. The van der Waals surface area contributed by atoms with Crippen molar-refractivity contribution in [1.82, 2.24) is 15.1 Å². The zero-order valence-electron chi connectivity index (χ0n) is 11.6. The second-order valence-corrected chi connectivity index (χ2v) is 5.01. The second-order valence-electron chi connectivity index (χ2n) is 5.01. The Bertz CT molecular complexity index is 677. The summed E-state index contributed by atoms with van der Waals surface area (Å²) in [7, 11) is 0. The van der Waals surface area contributed by atoms with Gasteiger partial charge in [0.15, 0.2) is 0 Å². The van der Waals surface area contributed by atoms with Crippen LogP contribution in [0.3, 0.4) is 0 Å². The van der Waals surface area contributed by atoms with Crippen molar-refractivity contribution in [2.75, 3.05) is 31.1 Å². The Balaban J connectivity index is 1.98. The number of benzene rings is 1. The quantitative estimate of drug-likeness (QED) is 0.901. The summed E-state index contributed by atoms with van der Waals surface area (Å²) in [6.07, 6.45) is 1.03. The molecule has 0 unspecified atom stereocenters. The predicted molar refractivity (Wildman–Crippen MR) is 79.5 cm³/mol. The Hall–Kier alpha value is -2.21. The minimum Gasteiger partial charge on any atom is -0.354 e. The highest BCUT2D eigenvalue weighted by molar-refractivity contribution is 5.39. The molecule has 1 saturated heterocycles. The van der Waals surface area contributed by atoms with E-state index in [9.17, 15) is 9.18 Å². The van der Waals surface area contributed by atoms with Crippen LogP contribution in [0.4, 0.5) is 10.2 Å². The van der Waals surface area contributed by atoms with Crippen molar-refractivity contribution in [3.63, 3.8) is 0 Å². The van der Waals surface area contributed by atoms with Crippen LogP contribution in [0.2, 0.25) is 0 Å². The maximum absolute atomic E-state index is 13.3. The van der Waals surface area contributed by atoms with E-state index in [1.165, 1.54) is 22.9 Å². The van der Waals surface area contributed by atoms with Gasteiger partial charge in [-0.25, -0.2) is 4.39 Å². The van der Waals surface area contributed by atoms with Gasteiger partial charge in [0, 0.05) is 25.7 Å². The van der Waals surface area contributed by atoms with Crippen molar-refractivity contribution >= 4 is 5.82 Å². The highest BCUT2D eigenvalue weighted by Crippen LogP contribution is 2.12. The summed E-state index contributed by atoms with van der Waals surface area (Å²) in [6, 6.07) is 9.10. The summed E-state index contributed by atoms with van der Waals surface area (Å²) in [4.78, 5) is 14.1. The van der Waals surface area contributed by atoms with Crippen LogP contribution in [-0.4, -0.2) is 36.0 Å². The van der Waals surface area contributed by atoms with Gasteiger partial charge in [-0.2, -0.15) is 4.68 Å². The summed E-state index contributed by atoms with van der Waals surface area (Å²) >= 11 is 0. The lowest BCUT2D eigenvalue weighted by Gasteiger charge is -2.21. The van der Waals surface area contributed by atoms with Crippen LogP contribution in [0.15, 0.2) is 41.2 Å². The van der Waals surface area contributed by atoms with Gasteiger partial charge in [0.25, 0.3) is 5.56 Å². The van der Waals surface area contributed by atoms with Crippen molar-refractivity contribution in [1.29, 1.82) is 0 Å². The molecule has 5 nitrogen and oxygen atoms in total. The summed E-state index contributed by atoms with van der Waals surface area (Å²) < 4.78 is 14.6. The largest absolute Gasteiger partial charge is 0.354 e. The van der Waals surface area contributed by atoms with E-state index >= 15 is 0 Å². The molecule has 1 aliphatic heterocycles. The molecule has 6 heteroatoms. The molecule has 1 aromatic heterocycles. The van der Waals surface area contributed by atoms with Gasteiger partial charge < -0.3 is 10.2 Å². The Morgan fingerprint density at radius 1 is 1.14 bits per heavy atom. The molecule has 1 aliphatic rings. The van der Waals surface area contributed by atoms with Gasteiger partial charge in [0.05, 0.1) is 5.69 Å². The van der Waals surface area contributed by atoms with Gasteiger partial charge in [-0.1, -0.05) is 6.07 Å². The third-order valence-electron chi connectivity index (χ3n) is 3.50. The highest BCUT2D eigenvalue weighted by atomic mass is 19.1. The normalized spacial score (nSPS) is 15.8. The van der Waals surface area contributed by atoms with E-state index in [4.69, 9.17) is 0 Å². The van der Waals surface area contributed by atoms with Crippen molar-refractivity contribution in [3.8, 4) is 5.69 Å². The Kier molecular flexibility index (Phi) is 3.96. The monoisotopic (exact) mass is 288 g/mol. The lowest BCUT2D eigenvalue weighted by atomic mass is 10.3. The van der Waals surface area contributed by atoms with Gasteiger partial charge in [-0.15, -0.1) is 5.10 Å². The van der Waals surface area contributed by atoms with Crippen molar-refractivity contribution in [2.45, 2.75) is 6.42 Å². The second kappa shape index (κ2) is 6.05. The van der Waals surface area contributed by atoms with Gasteiger partial charge in [-0.05, 0) is 37.2 Å². The van der Waals surface area contributed by atoms with Crippen LogP contribution in [0, 0.1) is 5.82 Å². The Morgan fingerprint density at radius 2 is 2.05 bits per heavy atom. The Labute approximate surface area is 122 Å². The SMILES string of the molecule is O=c1ccc(N2CCCNCC2)nn1-c1cccc(F)c1. The molecule has 0 aliphatic carbocycles. The summed E-state index contributed by atoms with van der Waals surface area (Å²) in [5.74, 6) is 0.355. The van der Waals surface area contributed by atoms with Crippen LogP contribution >= 0.6 is 0 Å². The zero-order chi connectivity index (χ0) is 14.7. The lowest BCUT2D eigenvalue weighted by Crippen LogP contribution is -2.31. The fourth-order valence-electron chi connectivity index (χ4n) is 2.44. The zero-order valence-corrected chi connectivity index (χ0v) is 11.6. The van der Waals surface area contributed by atoms with Gasteiger partial charge >= 0.3 is 0 Å². The Morgan fingerprint density at radius 3 is 2.90 bits per heavy atom. The number of anilines is 1. The standard InChI is InChI=1S/C15H17FN4O/c16-12-3-1-4-13(11-12)20-15(21)6-5-14(18-20)19-9-2-7-17-8-10-19/h1,3-6,11,17H,2,7-10H2. The number of hydrogen-bond acceptors (Lipinski definition) is 4. The average Bonchev–Trinajstić information content (AvgIpc) is 2.77. The van der Waals surface area contributed by atoms with E-state index < -0.39 is 0 Å². The smallest absolute Gasteiger partial charge is 0.271 e. The van der Waals surface area contributed by atoms with Crippen molar-refractivity contribution in [2.24, 2.45) is 0 Å². The predicted octanol–water partition coefficient (Wildman–Crippen LogP) is 1.17. The first-order valence-electron chi connectivity index (χ1n) is 7.06. The number of halogens is 1. The van der Waals surface area contributed by atoms with Crippen molar-refractivity contribution in [3.05, 3.63) is 52.6 Å². The van der Waals surface area contributed by atoms with E-state index in [2.05, 4.69) is 15.3 Å². The molecule has 0 atom stereocenters. The van der Waals surface area contributed by atoms with Gasteiger partial charge in [0.1, 0.15) is 11.6 Å². The summed E-state index contributed by atoms with van der Waals surface area (Å²) in [6.45, 7) is 3.61. The van der Waals surface area contributed by atoms with Crippen LogP contribution in [0.25, 0.3) is 5.69 Å². The fraction of sp³-hybridized carbons (Fsp3) is 0.333. The molecule has 110 valence electrons. The topological polar surface area (TPSA) is 50.2 Å². The highest BCUT2D eigenvalue weighted by Gasteiger charge is 2.12.